The third-order valence-electron chi connectivity index (χ3n) is 4.42. The largest absolute Gasteiger partial charge is 0.370 e. The van der Waals surface area contributed by atoms with E-state index in [4.69, 9.17) is 4.98 Å². The van der Waals surface area contributed by atoms with E-state index in [0.29, 0.717) is 5.92 Å². The summed E-state index contributed by atoms with van der Waals surface area (Å²) in [4.78, 5) is 9.31. The van der Waals surface area contributed by atoms with Crippen LogP contribution in [0.3, 0.4) is 0 Å². The highest BCUT2D eigenvalue weighted by Crippen LogP contribution is 2.39. The van der Waals surface area contributed by atoms with Crippen molar-refractivity contribution in [1.82, 2.24) is 9.97 Å². The van der Waals surface area contributed by atoms with Crippen LogP contribution in [0.5, 0.6) is 0 Å². The van der Waals surface area contributed by atoms with Crippen molar-refractivity contribution in [2.45, 2.75) is 51.9 Å². The van der Waals surface area contributed by atoms with Gasteiger partial charge in [-0.05, 0) is 44.4 Å². The van der Waals surface area contributed by atoms with Gasteiger partial charge in [-0.15, -0.1) is 0 Å². The lowest BCUT2D eigenvalue weighted by molar-refractivity contribution is 0.536. The van der Waals surface area contributed by atoms with Crippen LogP contribution in [0, 0.1) is 11.8 Å². The van der Waals surface area contributed by atoms with E-state index in [1.165, 1.54) is 32.1 Å². The molecule has 0 bridgehead atoms. The average molecular weight is 274 g/mol. The highest BCUT2D eigenvalue weighted by Gasteiger charge is 2.27. The zero-order valence-electron chi connectivity index (χ0n) is 12.7. The fourth-order valence-electron chi connectivity index (χ4n) is 3.11. The van der Waals surface area contributed by atoms with E-state index < -0.39 is 0 Å². The van der Waals surface area contributed by atoms with Gasteiger partial charge in [0.05, 0.1) is 0 Å². The van der Waals surface area contributed by atoms with Crippen LogP contribution in [0.15, 0.2) is 6.07 Å². The van der Waals surface area contributed by atoms with Crippen molar-refractivity contribution < 1.29 is 0 Å². The predicted molar refractivity (Wildman–Crippen MR) is 83.2 cm³/mol. The highest BCUT2D eigenvalue weighted by atomic mass is 15.1. The fourth-order valence-corrected chi connectivity index (χ4v) is 3.11. The van der Waals surface area contributed by atoms with Crippen LogP contribution in [-0.4, -0.2) is 23.1 Å². The summed E-state index contributed by atoms with van der Waals surface area (Å²) in [5.74, 6) is 5.29. The summed E-state index contributed by atoms with van der Waals surface area (Å²) in [6.45, 7) is 6.42. The molecule has 20 heavy (non-hydrogen) atoms. The van der Waals surface area contributed by atoms with E-state index >= 15 is 0 Å². The SMILES string of the molecule is CCNc1cc(NCC2CCC(C)C2)nc(C2CC2)n1. The quantitative estimate of drug-likeness (QED) is 0.831. The second-order valence-electron chi connectivity index (χ2n) is 6.47. The first-order valence-electron chi connectivity index (χ1n) is 8.11. The van der Waals surface area contributed by atoms with Crippen molar-refractivity contribution in [2.75, 3.05) is 23.7 Å². The molecule has 2 unspecified atom stereocenters. The Morgan fingerprint density at radius 3 is 2.45 bits per heavy atom. The van der Waals surface area contributed by atoms with Crippen molar-refractivity contribution in [3.63, 3.8) is 0 Å². The van der Waals surface area contributed by atoms with Crippen molar-refractivity contribution in [3.05, 3.63) is 11.9 Å². The van der Waals surface area contributed by atoms with Gasteiger partial charge in [-0.2, -0.15) is 0 Å². The Bertz CT molecular complexity index is 456. The molecule has 2 N–H and O–H groups in total. The van der Waals surface area contributed by atoms with Crippen molar-refractivity contribution >= 4 is 11.6 Å². The number of nitrogens with one attached hydrogen (secondary N) is 2. The van der Waals surface area contributed by atoms with Crippen LogP contribution in [0.2, 0.25) is 0 Å². The van der Waals surface area contributed by atoms with Gasteiger partial charge in [-0.3, -0.25) is 0 Å². The number of nitrogens with zero attached hydrogens (tertiary/aromatic N) is 2. The van der Waals surface area contributed by atoms with Crippen LogP contribution < -0.4 is 10.6 Å². The van der Waals surface area contributed by atoms with E-state index in [1.807, 2.05) is 6.07 Å². The second kappa shape index (κ2) is 5.98. The van der Waals surface area contributed by atoms with E-state index in [2.05, 4.69) is 29.5 Å². The Labute approximate surface area is 121 Å². The minimum Gasteiger partial charge on any atom is -0.370 e. The highest BCUT2D eigenvalue weighted by molar-refractivity contribution is 5.48. The molecule has 2 aliphatic rings. The number of hydrogen-bond donors (Lipinski definition) is 2. The number of aromatic nitrogens is 2. The number of anilines is 2. The standard InChI is InChI=1S/C16H26N4/c1-3-17-14-9-15(20-16(19-14)13-6-7-13)18-10-12-5-4-11(2)8-12/h9,11-13H,3-8,10H2,1-2H3,(H2,17,18,19,20). The zero-order chi connectivity index (χ0) is 13.9. The summed E-state index contributed by atoms with van der Waals surface area (Å²) in [5, 5.41) is 6.85. The Morgan fingerprint density at radius 1 is 1.10 bits per heavy atom. The molecule has 2 aliphatic carbocycles. The van der Waals surface area contributed by atoms with E-state index in [9.17, 15) is 0 Å². The minimum atomic E-state index is 0.598. The number of rotatable bonds is 6. The smallest absolute Gasteiger partial charge is 0.136 e. The molecule has 2 atom stereocenters. The zero-order valence-corrected chi connectivity index (χ0v) is 12.7. The van der Waals surface area contributed by atoms with Gasteiger partial charge in [-0.25, -0.2) is 9.97 Å². The topological polar surface area (TPSA) is 49.8 Å². The molecule has 4 heteroatoms. The van der Waals surface area contributed by atoms with Crippen LogP contribution in [0.25, 0.3) is 0 Å². The summed E-state index contributed by atoms with van der Waals surface area (Å²) in [6.07, 6.45) is 6.58. The van der Waals surface area contributed by atoms with Gasteiger partial charge < -0.3 is 10.6 Å². The molecule has 2 fully saturated rings. The molecule has 0 saturated heterocycles. The van der Waals surface area contributed by atoms with E-state index in [0.717, 1.165) is 42.4 Å². The van der Waals surface area contributed by atoms with Gasteiger partial charge in [0.15, 0.2) is 0 Å². The van der Waals surface area contributed by atoms with Crippen molar-refractivity contribution in [3.8, 4) is 0 Å². The first-order valence-corrected chi connectivity index (χ1v) is 8.11. The summed E-state index contributed by atoms with van der Waals surface area (Å²) >= 11 is 0. The molecule has 1 aromatic rings. The monoisotopic (exact) mass is 274 g/mol. The summed E-state index contributed by atoms with van der Waals surface area (Å²) < 4.78 is 0. The Morgan fingerprint density at radius 2 is 1.85 bits per heavy atom. The molecule has 4 nitrogen and oxygen atoms in total. The van der Waals surface area contributed by atoms with Crippen LogP contribution in [-0.2, 0) is 0 Å². The maximum atomic E-state index is 4.70. The normalized spacial score (nSPS) is 25.7. The molecule has 1 heterocycles. The third kappa shape index (κ3) is 3.41. The van der Waals surface area contributed by atoms with Crippen LogP contribution in [0.4, 0.5) is 11.6 Å². The molecule has 3 rings (SSSR count). The van der Waals surface area contributed by atoms with Crippen molar-refractivity contribution in [1.29, 1.82) is 0 Å². The maximum Gasteiger partial charge on any atom is 0.136 e. The first-order chi connectivity index (χ1) is 9.74. The van der Waals surface area contributed by atoms with Crippen molar-refractivity contribution in [2.24, 2.45) is 11.8 Å². The van der Waals surface area contributed by atoms with Gasteiger partial charge in [0.1, 0.15) is 17.5 Å². The lowest BCUT2D eigenvalue weighted by Crippen LogP contribution is -2.14. The molecule has 0 aromatic carbocycles. The average Bonchev–Trinajstić information content (AvgIpc) is 3.20. The Balaban J connectivity index is 1.64. The molecule has 0 aliphatic heterocycles. The summed E-state index contributed by atoms with van der Waals surface area (Å²) in [6, 6.07) is 2.05. The van der Waals surface area contributed by atoms with Gasteiger partial charge in [0.25, 0.3) is 0 Å². The minimum absolute atomic E-state index is 0.598. The lowest BCUT2D eigenvalue weighted by atomic mass is 10.1. The molecule has 0 radical (unpaired) electrons. The molecule has 1 aromatic heterocycles. The Hall–Kier alpha value is -1.32. The van der Waals surface area contributed by atoms with Crippen LogP contribution in [0.1, 0.15) is 57.7 Å². The van der Waals surface area contributed by atoms with Gasteiger partial charge in [0.2, 0.25) is 0 Å². The Kier molecular flexibility index (Phi) is 4.08. The first kappa shape index (κ1) is 13.7. The molecular weight excluding hydrogens is 248 g/mol. The fraction of sp³-hybridized carbons (Fsp3) is 0.750. The predicted octanol–water partition coefficient (Wildman–Crippen LogP) is 3.63. The lowest BCUT2D eigenvalue weighted by Gasteiger charge is -2.13. The van der Waals surface area contributed by atoms with Gasteiger partial charge in [-0.1, -0.05) is 13.3 Å². The summed E-state index contributed by atoms with van der Waals surface area (Å²) in [5.41, 5.74) is 0. The molecular formula is C16H26N4. The van der Waals surface area contributed by atoms with Gasteiger partial charge >= 0.3 is 0 Å². The summed E-state index contributed by atoms with van der Waals surface area (Å²) in [7, 11) is 0. The molecule has 110 valence electrons. The number of hydrogen-bond acceptors (Lipinski definition) is 4. The van der Waals surface area contributed by atoms with Gasteiger partial charge in [0, 0.05) is 25.1 Å². The molecule has 2 saturated carbocycles. The second-order valence-corrected chi connectivity index (χ2v) is 6.47. The van der Waals surface area contributed by atoms with Crippen LogP contribution >= 0.6 is 0 Å². The van der Waals surface area contributed by atoms with E-state index in [-0.39, 0.29) is 0 Å². The third-order valence-corrected chi connectivity index (χ3v) is 4.42. The van der Waals surface area contributed by atoms with E-state index in [1.54, 1.807) is 0 Å². The molecule has 0 amide bonds. The maximum absolute atomic E-state index is 4.70. The molecule has 0 spiro atoms.